The van der Waals surface area contributed by atoms with Gasteiger partial charge in [-0.15, -0.1) is 0 Å². The molecule has 0 amide bonds. The molecule has 28 heavy (non-hydrogen) atoms. The summed E-state index contributed by atoms with van der Waals surface area (Å²) in [6, 6.07) is 8.17. The summed E-state index contributed by atoms with van der Waals surface area (Å²) in [5.41, 5.74) is 7.54. The van der Waals surface area contributed by atoms with Crippen molar-refractivity contribution in [3.63, 3.8) is 0 Å². The van der Waals surface area contributed by atoms with Crippen molar-refractivity contribution in [3.8, 4) is 0 Å². The molecule has 4 unspecified atom stereocenters. The molecule has 2 nitrogen and oxygen atoms in total. The van der Waals surface area contributed by atoms with E-state index >= 15 is 0 Å². The van der Waals surface area contributed by atoms with E-state index in [9.17, 15) is 9.59 Å². The first-order valence-electron chi connectivity index (χ1n) is 10.5. The Hall–Kier alpha value is -2.74. The van der Waals surface area contributed by atoms with Gasteiger partial charge in [-0.05, 0) is 72.2 Å². The number of benzene rings is 2. The van der Waals surface area contributed by atoms with E-state index < -0.39 is 0 Å². The van der Waals surface area contributed by atoms with Crippen LogP contribution in [0.25, 0.3) is 0 Å². The van der Waals surface area contributed by atoms with Crippen LogP contribution in [0.5, 0.6) is 0 Å². The lowest BCUT2D eigenvalue weighted by Crippen LogP contribution is -2.27. The van der Waals surface area contributed by atoms with Gasteiger partial charge in [-0.3, -0.25) is 9.59 Å². The van der Waals surface area contributed by atoms with Crippen LogP contribution in [0, 0.1) is 0 Å². The molecule has 0 saturated heterocycles. The van der Waals surface area contributed by atoms with Crippen LogP contribution in [-0.2, 0) is 0 Å². The highest BCUT2D eigenvalue weighted by molar-refractivity contribution is 6.28. The molecular formula is C26H20O2. The molecule has 0 heterocycles. The van der Waals surface area contributed by atoms with E-state index in [1.807, 2.05) is 24.3 Å². The van der Waals surface area contributed by atoms with Gasteiger partial charge in [-0.1, -0.05) is 24.3 Å². The lowest BCUT2D eigenvalue weighted by molar-refractivity contribution is 0.0978. The van der Waals surface area contributed by atoms with Crippen molar-refractivity contribution in [1.29, 1.82) is 0 Å². The predicted molar refractivity (Wildman–Crippen MR) is 107 cm³/mol. The van der Waals surface area contributed by atoms with Gasteiger partial charge in [-0.2, -0.15) is 0 Å². The Bertz CT molecular complexity index is 1000. The molecule has 0 aromatic heterocycles. The average Bonchev–Trinajstić information content (AvgIpc) is 2.77. The third-order valence-electron chi connectivity index (χ3n) is 7.75. The largest absolute Gasteiger partial charge is 0.289 e. The second-order valence-corrected chi connectivity index (χ2v) is 9.06. The van der Waals surface area contributed by atoms with E-state index in [0.717, 1.165) is 25.7 Å². The maximum atomic E-state index is 13.4. The highest BCUT2D eigenvalue weighted by Gasteiger charge is 2.38. The van der Waals surface area contributed by atoms with Gasteiger partial charge >= 0.3 is 0 Å². The minimum Gasteiger partial charge on any atom is -0.289 e. The molecule has 0 fully saturated rings. The Balaban J connectivity index is 1.45. The second-order valence-electron chi connectivity index (χ2n) is 9.06. The number of carbonyl (C=O) groups is 2. The van der Waals surface area contributed by atoms with Crippen LogP contribution in [0.2, 0.25) is 0 Å². The second kappa shape index (κ2) is 5.00. The molecule has 136 valence electrons. The molecular weight excluding hydrogens is 344 g/mol. The summed E-state index contributed by atoms with van der Waals surface area (Å²) in [7, 11) is 0. The molecule has 7 aliphatic rings. The molecule has 0 saturated carbocycles. The van der Waals surface area contributed by atoms with Crippen molar-refractivity contribution < 1.29 is 9.59 Å². The number of hydrogen-bond acceptors (Lipinski definition) is 2. The van der Waals surface area contributed by atoms with E-state index in [1.165, 1.54) is 22.3 Å². The summed E-state index contributed by atoms with van der Waals surface area (Å²) < 4.78 is 0. The summed E-state index contributed by atoms with van der Waals surface area (Å²) >= 11 is 0. The Labute approximate surface area is 164 Å². The fraction of sp³-hybridized carbons (Fsp3) is 0.308. The third kappa shape index (κ3) is 1.75. The Kier molecular flexibility index (Phi) is 2.71. The van der Waals surface area contributed by atoms with Crippen LogP contribution in [0.3, 0.4) is 0 Å². The molecule has 7 aliphatic carbocycles. The predicted octanol–water partition coefficient (Wildman–Crippen LogP) is 5.52. The molecule has 9 rings (SSSR count). The van der Waals surface area contributed by atoms with Crippen molar-refractivity contribution >= 4 is 11.6 Å². The van der Waals surface area contributed by atoms with Crippen molar-refractivity contribution in [2.45, 2.75) is 49.4 Å². The van der Waals surface area contributed by atoms with Crippen LogP contribution in [0.4, 0.5) is 0 Å². The van der Waals surface area contributed by atoms with Crippen LogP contribution < -0.4 is 0 Å². The number of hydrogen-bond donors (Lipinski definition) is 0. The van der Waals surface area contributed by atoms with Crippen LogP contribution in [0.15, 0.2) is 48.6 Å². The van der Waals surface area contributed by atoms with E-state index in [2.05, 4.69) is 24.3 Å². The number of carbonyl (C=O) groups excluding carboxylic acids is 2. The highest BCUT2D eigenvalue weighted by Crippen LogP contribution is 2.49. The fourth-order valence-corrected chi connectivity index (χ4v) is 6.27. The maximum absolute atomic E-state index is 13.4. The molecule has 4 bridgehead atoms. The first-order chi connectivity index (χ1) is 13.7. The van der Waals surface area contributed by atoms with Gasteiger partial charge in [-0.25, -0.2) is 0 Å². The number of allylic oxidation sites excluding steroid dienone is 4. The molecule has 0 spiro atoms. The maximum Gasteiger partial charge on any atom is 0.194 e. The lowest BCUT2D eigenvalue weighted by Gasteiger charge is -2.36. The molecule has 2 aromatic rings. The summed E-state index contributed by atoms with van der Waals surface area (Å²) in [5, 5.41) is 0. The zero-order valence-electron chi connectivity index (χ0n) is 15.6. The number of ketones is 2. The third-order valence-corrected chi connectivity index (χ3v) is 7.75. The Morgan fingerprint density at radius 3 is 0.929 bits per heavy atom. The van der Waals surface area contributed by atoms with Gasteiger partial charge in [0.2, 0.25) is 0 Å². The highest BCUT2D eigenvalue weighted by atomic mass is 16.1. The van der Waals surface area contributed by atoms with Crippen LogP contribution in [0.1, 0.15) is 103 Å². The van der Waals surface area contributed by atoms with Crippen LogP contribution >= 0.6 is 0 Å². The first-order valence-corrected chi connectivity index (χ1v) is 10.5. The van der Waals surface area contributed by atoms with Gasteiger partial charge in [0.05, 0.1) is 0 Å². The standard InChI is InChI=1S/C26H20O2/c27-25-21-9-17-13-1-2-14(4-3-13)18(17)10-22(21)26(28)24-12-20-16-7-5-15(6-8-16)19(20)11-23(24)25/h1-2,5,7,9-16H,3-4,6,8H2. The molecule has 0 N–H and O–H groups in total. The molecule has 2 aromatic carbocycles. The van der Waals surface area contributed by atoms with Gasteiger partial charge in [0.1, 0.15) is 0 Å². The molecule has 2 heteroatoms. The van der Waals surface area contributed by atoms with E-state index in [0.29, 0.717) is 45.9 Å². The lowest BCUT2D eigenvalue weighted by atomic mass is 9.67. The van der Waals surface area contributed by atoms with E-state index in [1.54, 1.807) is 0 Å². The topological polar surface area (TPSA) is 34.1 Å². The normalized spacial score (nSPS) is 30.1. The number of fused-ring (bicyclic) bond motifs is 4. The average molecular weight is 364 g/mol. The Morgan fingerprint density at radius 2 is 0.714 bits per heavy atom. The van der Waals surface area contributed by atoms with Gasteiger partial charge in [0.15, 0.2) is 11.6 Å². The van der Waals surface area contributed by atoms with Crippen molar-refractivity contribution in [1.82, 2.24) is 0 Å². The minimum absolute atomic E-state index is 0.0334. The van der Waals surface area contributed by atoms with E-state index in [-0.39, 0.29) is 11.6 Å². The van der Waals surface area contributed by atoms with Crippen LogP contribution in [-0.4, -0.2) is 11.6 Å². The number of rotatable bonds is 0. The zero-order valence-corrected chi connectivity index (χ0v) is 15.6. The minimum atomic E-state index is 0.0334. The summed E-state index contributed by atoms with van der Waals surface area (Å²) in [6.45, 7) is 0. The summed E-state index contributed by atoms with van der Waals surface area (Å²) in [5.74, 6) is 1.67. The summed E-state index contributed by atoms with van der Waals surface area (Å²) in [4.78, 5) is 26.9. The molecule has 0 radical (unpaired) electrons. The first kappa shape index (κ1) is 15.2. The molecule has 0 aliphatic heterocycles. The van der Waals surface area contributed by atoms with Crippen molar-refractivity contribution in [2.75, 3.05) is 0 Å². The fourth-order valence-electron chi connectivity index (χ4n) is 6.27. The van der Waals surface area contributed by atoms with Gasteiger partial charge < -0.3 is 0 Å². The Morgan fingerprint density at radius 1 is 0.464 bits per heavy atom. The van der Waals surface area contributed by atoms with E-state index in [4.69, 9.17) is 0 Å². The quantitative estimate of drug-likeness (QED) is 0.492. The van der Waals surface area contributed by atoms with Crippen molar-refractivity contribution in [2.24, 2.45) is 0 Å². The monoisotopic (exact) mass is 364 g/mol. The van der Waals surface area contributed by atoms with Gasteiger partial charge in [0, 0.05) is 45.9 Å². The van der Waals surface area contributed by atoms with Crippen molar-refractivity contribution in [3.05, 3.63) is 93.1 Å². The summed E-state index contributed by atoms with van der Waals surface area (Å²) in [6.07, 6.45) is 13.7. The smallest absolute Gasteiger partial charge is 0.194 e. The SMILES string of the molecule is O=C1c2cc3c(cc2C(=O)c2cc4c(cc21)C1C=CC4CC1)C1C=CC3CC1. The zero-order chi connectivity index (χ0) is 18.6. The van der Waals surface area contributed by atoms with Gasteiger partial charge in [0.25, 0.3) is 0 Å². The molecule has 4 atom stereocenters.